The van der Waals surface area contributed by atoms with Gasteiger partial charge < -0.3 is 14.2 Å². The first-order valence-corrected chi connectivity index (χ1v) is 15.7. The van der Waals surface area contributed by atoms with Crippen LogP contribution in [0.5, 0.6) is 11.9 Å². The second-order valence-electron chi connectivity index (χ2n) is 12.4. The highest BCUT2D eigenvalue weighted by molar-refractivity contribution is 6.11. The lowest BCUT2D eigenvalue weighted by atomic mass is 9.95. The average Bonchev–Trinajstić information content (AvgIpc) is 3.77. The SMILES string of the molecule is Fc1c(-c2c3ccccc3cc3c2cnn3C2CCCCO2)ncc2c(OCC(F)(F)F)nc(OCC34CCCN3CCC4)nc12. The Kier molecular flexibility index (Phi) is 7.20. The maximum absolute atomic E-state index is 16.8. The zero-order chi connectivity index (χ0) is 31.5. The fourth-order valence-electron chi connectivity index (χ4n) is 7.42. The van der Waals surface area contributed by atoms with E-state index in [1.807, 2.05) is 35.0 Å². The molecule has 3 fully saturated rings. The minimum Gasteiger partial charge on any atom is -0.467 e. The van der Waals surface area contributed by atoms with Gasteiger partial charge in [-0.05, 0) is 74.9 Å². The molecule has 3 aromatic heterocycles. The van der Waals surface area contributed by atoms with Crippen LogP contribution in [0.2, 0.25) is 0 Å². The molecule has 6 heterocycles. The molecule has 0 saturated carbocycles. The number of ether oxygens (including phenoxy) is 3. The van der Waals surface area contributed by atoms with Crippen molar-refractivity contribution >= 4 is 32.6 Å². The van der Waals surface area contributed by atoms with Gasteiger partial charge in [-0.15, -0.1) is 0 Å². The molecule has 9 nitrogen and oxygen atoms in total. The average molecular weight is 637 g/mol. The Morgan fingerprint density at radius 2 is 1.78 bits per heavy atom. The minimum absolute atomic E-state index is 0.0128. The molecule has 0 radical (unpaired) electrons. The van der Waals surface area contributed by atoms with E-state index < -0.39 is 24.5 Å². The van der Waals surface area contributed by atoms with Gasteiger partial charge >= 0.3 is 12.2 Å². The smallest absolute Gasteiger partial charge is 0.422 e. The molecule has 0 aliphatic carbocycles. The third kappa shape index (κ3) is 5.09. The quantitative estimate of drug-likeness (QED) is 0.177. The lowest BCUT2D eigenvalue weighted by molar-refractivity contribution is -0.153. The van der Waals surface area contributed by atoms with E-state index in [-0.39, 0.29) is 41.0 Å². The molecule has 1 unspecified atom stereocenters. The first kappa shape index (κ1) is 29.3. The Morgan fingerprint density at radius 3 is 2.57 bits per heavy atom. The van der Waals surface area contributed by atoms with Gasteiger partial charge in [0.25, 0.3) is 0 Å². The largest absolute Gasteiger partial charge is 0.467 e. The zero-order valence-electron chi connectivity index (χ0n) is 25.0. The number of rotatable bonds is 7. The van der Waals surface area contributed by atoms with Crippen molar-refractivity contribution in [2.45, 2.75) is 62.9 Å². The maximum Gasteiger partial charge on any atom is 0.422 e. The standard InChI is InChI=1S/C33H32F4N6O3/c34-27-28-23(30(45-19-33(35,36)37)41-31(40-28)46-18-32-10-5-12-42(32)13-6-11-32)16-38-29(27)26-21-8-2-1-7-20(21)15-24-22(26)17-39-43(24)25-9-3-4-14-44-25/h1-2,7-8,15-17,25H,3-6,9-14,18-19H2. The van der Waals surface area contributed by atoms with E-state index in [1.54, 1.807) is 6.20 Å². The summed E-state index contributed by atoms with van der Waals surface area (Å²) in [7, 11) is 0. The summed E-state index contributed by atoms with van der Waals surface area (Å²) >= 11 is 0. The van der Waals surface area contributed by atoms with Crippen LogP contribution in [0.25, 0.3) is 43.8 Å². The van der Waals surface area contributed by atoms with Crippen molar-refractivity contribution in [2.75, 3.05) is 32.9 Å². The molecule has 0 bridgehead atoms. The van der Waals surface area contributed by atoms with Crippen molar-refractivity contribution in [1.29, 1.82) is 0 Å². The molecule has 2 aromatic carbocycles. The van der Waals surface area contributed by atoms with E-state index >= 15 is 4.39 Å². The molecule has 3 saturated heterocycles. The van der Waals surface area contributed by atoms with Gasteiger partial charge in [-0.2, -0.15) is 28.2 Å². The van der Waals surface area contributed by atoms with Crippen LogP contribution in [-0.2, 0) is 4.74 Å². The molecule has 240 valence electrons. The third-order valence-corrected chi connectivity index (χ3v) is 9.57. The second-order valence-corrected chi connectivity index (χ2v) is 12.4. The summed E-state index contributed by atoms with van der Waals surface area (Å²) in [6, 6.07) is 9.34. The number of pyridine rings is 1. The van der Waals surface area contributed by atoms with Gasteiger partial charge in [0.15, 0.2) is 18.7 Å². The highest BCUT2D eigenvalue weighted by Crippen LogP contribution is 2.42. The van der Waals surface area contributed by atoms with Crippen LogP contribution in [0.3, 0.4) is 0 Å². The van der Waals surface area contributed by atoms with Gasteiger partial charge in [0.1, 0.15) is 17.8 Å². The van der Waals surface area contributed by atoms with Crippen molar-refractivity contribution in [1.82, 2.24) is 29.6 Å². The summed E-state index contributed by atoms with van der Waals surface area (Å²) in [6.07, 6.45) is 4.82. The Labute approximate surface area is 261 Å². The van der Waals surface area contributed by atoms with E-state index in [0.29, 0.717) is 17.6 Å². The van der Waals surface area contributed by atoms with Crippen molar-refractivity contribution in [2.24, 2.45) is 0 Å². The Morgan fingerprint density at radius 1 is 0.957 bits per heavy atom. The lowest BCUT2D eigenvalue weighted by Crippen LogP contribution is -2.43. The van der Waals surface area contributed by atoms with Gasteiger partial charge in [0, 0.05) is 23.8 Å². The highest BCUT2D eigenvalue weighted by Gasteiger charge is 2.45. The van der Waals surface area contributed by atoms with E-state index in [4.69, 9.17) is 14.2 Å². The number of nitrogens with zero attached hydrogens (tertiary/aromatic N) is 6. The van der Waals surface area contributed by atoms with Crippen LogP contribution in [0.4, 0.5) is 17.6 Å². The van der Waals surface area contributed by atoms with Gasteiger partial charge in [0.05, 0.1) is 22.6 Å². The molecular formula is C33H32F4N6O3. The number of aromatic nitrogens is 5. The van der Waals surface area contributed by atoms with Gasteiger partial charge in [-0.25, -0.2) is 9.07 Å². The Balaban J connectivity index is 1.27. The van der Waals surface area contributed by atoms with E-state index in [9.17, 15) is 13.2 Å². The number of hydrogen-bond donors (Lipinski definition) is 0. The first-order chi connectivity index (χ1) is 22.3. The predicted molar refractivity (Wildman–Crippen MR) is 162 cm³/mol. The molecule has 13 heteroatoms. The molecule has 1 atom stereocenters. The van der Waals surface area contributed by atoms with Gasteiger partial charge in [-0.1, -0.05) is 24.3 Å². The Bertz CT molecular complexity index is 1930. The topological polar surface area (TPSA) is 87.4 Å². The molecule has 5 aromatic rings. The number of halogens is 4. The van der Waals surface area contributed by atoms with E-state index in [2.05, 4.69) is 25.0 Å². The number of fused-ring (bicyclic) bond motifs is 4. The molecule has 46 heavy (non-hydrogen) atoms. The Hall–Kier alpha value is -4.10. The summed E-state index contributed by atoms with van der Waals surface area (Å²) in [5.41, 5.74) is 0.841. The van der Waals surface area contributed by atoms with Crippen molar-refractivity contribution in [3.63, 3.8) is 0 Å². The summed E-state index contributed by atoms with van der Waals surface area (Å²) in [5, 5.41) is 6.82. The van der Waals surface area contributed by atoms with Crippen LogP contribution in [0.15, 0.2) is 42.7 Å². The van der Waals surface area contributed by atoms with Crippen LogP contribution < -0.4 is 9.47 Å². The number of hydrogen-bond acceptors (Lipinski definition) is 8. The highest BCUT2D eigenvalue weighted by atomic mass is 19.4. The molecule has 8 rings (SSSR count). The van der Waals surface area contributed by atoms with Crippen LogP contribution in [0.1, 0.15) is 51.2 Å². The van der Waals surface area contributed by atoms with Crippen molar-refractivity contribution in [3.05, 3.63) is 48.5 Å². The zero-order valence-corrected chi connectivity index (χ0v) is 25.0. The van der Waals surface area contributed by atoms with Crippen LogP contribution >= 0.6 is 0 Å². The number of alkyl halides is 3. The third-order valence-electron chi connectivity index (χ3n) is 9.57. The lowest BCUT2D eigenvalue weighted by Gasteiger charge is -2.31. The second kappa shape index (κ2) is 11.3. The predicted octanol–water partition coefficient (Wildman–Crippen LogP) is 6.98. The minimum atomic E-state index is -4.63. The van der Waals surface area contributed by atoms with Gasteiger partial charge in [-0.3, -0.25) is 9.88 Å². The fourth-order valence-corrected chi connectivity index (χ4v) is 7.42. The molecule has 0 spiro atoms. The van der Waals surface area contributed by atoms with Crippen molar-refractivity contribution in [3.8, 4) is 23.1 Å². The molecule has 0 N–H and O–H groups in total. The summed E-state index contributed by atoms with van der Waals surface area (Å²) in [5.74, 6) is -1.25. The summed E-state index contributed by atoms with van der Waals surface area (Å²) in [6.45, 7) is 1.22. The van der Waals surface area contributed by atoms with E-state index in [0.717, 1.165) is 74.3 Å². The number of benzene rings is 2. The van der Waals surface area contributed by atoms with Gasteiger partial charge in [0.2, 0.25) is 5.88 Å². The molecule has 0 amide bonds. The van der Waals surface area contributed by atoms with Crippen molar-refractivity contribution < 1.29 is 31.8 Å². The molecule has 3 aliphatic rings. The summed E-state index contributed by atoms with van der Waals surface area (Å²) < 4.78 is 75.5. The first-order valence-electron chi connectivity index (χ1n) is 15.7. The van der Waals surface area contributed by atoms with Crippen LogP contribution in [0, 0.1) is 5.82 Å². The molecular weight excluding hydrogens is 604 g/mol. The summed E-state index contributed by atoms with van der Waals surface area (Å²) in [4.78, 5) is 15.4. The molecule has 3 aliphatic heterocycles. The van der Waals surface area contributed by atoms with E-state index in [1.165, 1.54) is 6.20 Å². The normalized spacial score (nSPS) is 20.1. The fraction of sp³-hybridized carbons (Fsp3) is 0.455. The monoisotopic (exact) mass is 636 g/mol. The van der Waals surface area contributed by atoms with Crippen LogP contribution in [-0.4, -0.2) is 74.3 Å². The maximum atomic E-state index is 16.8.